The molecule has 0 aliphatic rings. The van der Waals surface area contributed by atoms with Crippen molar-refractivity contribution in [2.75, 3.05) is 0 Å². The number of H-pyrrole nitrogens is 1. The Hall–Kier alpha value is -2.59. The van der Waals surface area contributed by atoms with Crippen LogP contribution in [0.1, 0.15) is 4.88 Å². The van der Waals surface area contributed by atoms with Gasteiger partial charge in [-0.3, -0.25) is 10.1 Å². The summed E-state index contributed by atoms with van der Waals surface area (Å²) in [5, 5.41) is 21.5. The van der Waals surface area contributed by atoms with Crippen LogP contribution in [0.25, 0.3) is 11.6 Å². The average Bonchev–Trinajstić information content (AvgIpc) is 3.17. The number of aromatic nitrogens is 3. The van der Waals surface area contributed by atoms with Crippen molar-refractivity contribution in [3.63, 3.8) is 0 Å². The second-order valence-electron chi connectivity index (χ2n) is 3.82. The Morgan fingerprint density at radius 3 is 3.05 bits per heavy atom. The van der Waals surface area contributed by atoms with Gasteiger partial charge in [0, 0.05) is 6.07 Å². The van der Waals surface area contributed by atoms with Crippen LogP contribution >= 0.6 is 23.6 Å². The molecular formula is C11H7N5O3S2. The first kappa shape index (κ1) is 13.4. The fourth-order valence-corrected chi connectivity index (χ4v) is 2.46. The van der Waals surface area contributed by atoms with Crippen LogP contribution in [0.5, 0.6) is 0 Å². The third-order valence-electron chi connectivity index (χ3n) is 2.48. The lowest BCUT2D eigenvalue weighted by atomic mass is 10.4. The Morgan fingerprint density at radius 1 is 1.52 bits per heavy atom. The second kappa shape index (κ2) is 5.42. The predicted octanol–water partition coefficient (Wildman–Crippen LogP) is 3.05. The maximum atomic E-state index is 10.6. The van der Waals surface area contributed by atoms with Crippen LogP contribution in [0.3, 0.4) is 0 Å². The Labute approximate surface area is 126 Å². The molecule has 0 unspecified atom stereocenters. The third-order valence-corrected chi connectivity index (χ3v) is 3.72. The first-order valence-corrected chi connectivity index (χ1v) is 6.87. The zero-order valence-electron chi connectivity index (χ0n) is 10.3. The minimum absolute atomic E-state index is 0.0542. The molecule has 8 nitrogen and oxygen atoms in total. The van der Waals surface area contributed by atoms with E-state index in [0.717, 1.165) is 11.3 Å². The Kier molecular flexibility index (Phi) is 3.46. The highest BCUT2D eigenvalue weighted by Gasteiger charge is 2.11. The van der Waals surface area contributed by atoms with Crippen molar-refractivity contribution in [2.24, 2.45) is 5.10 Å². The molecule has 0 spiro atoms. The molecule has 106 valence electrons. The van der Waals surface area contributed by atoms with Gasteiger partial charge in [0.1, 0.15) is 0 Å². The normalized spacial score (nSPS) is 11.2. The van der Waals surface area contributed by atoms with Gasteiger partial charge >= 0.3 is 5.00 Å². The molecule has 1 N–H and O–H groups in total. The molecule has 0 fully saturated rings. The summed E-state index contributed by atoms with van der Waals surface area (Å²) < 4.78 is 6.93. The summed E-state index contributed by atoms with van der Waals surface area (Å²) >= 11 is 6.12. The number of furan rings is 1. The van der Waals surface area contributed by atoms with E-state index in [-0.39, 0.29) is 5.00 Å². The van der Waals surface area contributed by atoms with Crippen LogP contribution < -0.4 is 0 Å². The monoisotopic (exact) mass is 321 g/mol. The number of hydrogen-bond donors (Lipinski definition) is 1. The van der Waals surface area contributed by atoms with Gasteiger partial charge < -0.3 is 4.42 Å². The highest BCUT2D eigenvalue weighted by molar-refractivity contribution is 7.71. The summed E-state index contributed by atoms with van der Waals surface area (Å²) in [5.74, 6) is 0.934. The Morgan fingerprint density at radius 2 is 2.38 bits per heavy atom. The highest BCUT2D eigenvalue weighted by atomic mass is 32.1. The largest absolute Gasteiger partial charge is 0.461 e. The molecule has 10 heteroatoms. The predicted molar refractivity (Wildman–Crippen MR) is 79.1 cm³/mol. The zero-order valence-corrected chi connectivity index (χ0v) is 11.9. The minimum Gasteiger partial charge on any atom is -0.461 e. The van der Waals surface area contributed by atoms with Crippen molar-refractivity contribution < 1.29 is 9.34 Å². The number of rotatable bonds is 4. The summed E-state index contributed by atoms with van der Waals surface area (Å²) in [6.07, 6.45) is 3.00. The molecule has 0 atom stereocenters. The lowest BCUT2D eigenvalue weighted by Crippen LogP contribution is -1.93. The Bertz CT molecular complexity index is 859. The first-order chi connectivity index (χ1) is 10.1. The molecule has 0 radical (unpaired) electrons. The van der Waals surface area contributed by atoms with Crippen LogP contribution in [-0.2, 0) is 0 Å². The van der Waals surface area contributed by atoms with E-state index in [1.165, 1.54) is 23.2 Å². The van der Waals surface area contributed by atoms with Gasteiger partial charge in [-0.2, -0.15) is 9.78 Å². The van der Waals surface area contributed by atoms with Gasteiger partial charge in [0.2, 0.25) is 10.6 Å². The molecule has 0 bridgehead atoms. The van der Waals surface area contributed by atoms with Crippen LogP contribution in [0.2, 0.25) is 0 Å². The van der Waals surface area contributed by atoms with Crippen molar-refractivity contribution in [3.05, 3.63) is 50.3 Å². The van der Waals surface area contributed by atoms with Crippen LogP contribution in [0.15, 0.2) is 40.0 Å². The number of nitrogens with zero attached hydrogens (tertiary/aromatic N) is 4. The van der Waals surface area contributed by atoms with E-state index in [9.17, 15) is 10.1 Å². The minimum atomic E-state index is -0.445. The molecule has 0 aliphatic carbocycles. The molecule has 3 rings (SSSR count). The summed E-state index contributed by atoms with van der Waals surface area (Å²) in [5.41, 5.74) is 0. The van der Waals surface area contributed by atoms with Gasteiger partial charge in [-0.25, -0.2) is 5.10 Å². The smallest absolute Gasteiger partial charge is 0.324 e. The highest BCUT2D eigenvalue weighted by Crippen LogP contribution is 2.23. The summed E-state index contributed by atoms with van der Waals surface area (Å²) in [6, 6.07) is 6.49. The molecule has 3 heterocycles. The number of thiophene rings is 1. The van der Waals surface area contributed by atoms with Gasteiger partial charge in [0.25, 0.3) is 0 Å². The van der Waals surface area contributed by atoms with Gasteiger partial charge in [-0.05, 0) is 30.4 Å². The van der Waals surface area contributed by atoms with E-state index in [1.54, 1.807) is 18.2 Å². The van der Waals surface area contributed by atoms with Crippen LogP contribution in [0, 0.1) is 14.9 Å². The maximum absolute atomic E-state index is 10.6. The summed E-state index contributed by atoms with van der Waals surface area (Å²) in [6.45, 7) is 0. The molecule has 0 saturated heterocycles. The van der Waals surface area contributed by atoms with Gasteiger partial charge in [-0.15, -0.1) is 5.10 Å². The standard InChI is InChI=1S/C11H7N5O3S2/c17-16(18)9-4-3-7(21-9)6-12-15-10(13-14-11(15)20)8-2-1-5-19-8/h1-6H,(H,14,20)/b12-6+. The SMILES string of the molecule is O=[N+]([O-])c1ccc(/C=N/n2c(-c3ccco3)n[nH]c2=S)s1. The van der Waals surface area contributed by atoms with Crippen molar-refractivity contribution in [3.8, 4) is 11.6 Å². The molecule has 0 aliphatic heterocycles. The molecule has 3 aromatic rings. The lowest BCUT2D eigenvalue weighted by molar-refractivity contribution is -0.380. The zero-order chi connectivity index (χ0) is 14.8. The van der Waals surface area contributed by atoms with E-state index >= 15 is 0 Å². The molecule has 3 aromatic heterocycles. The second-order valence-corrected chi connectivity index (χ2v) is 5.30. The van der Waals surface area contributed by atoms with Crippen LogP contribution in [0.4, 0.5) is 5.00 Å². The molecule has 0 amide bonds. The third kappa shape index (κ3) is 2.66. The molecular weight excluding hydrogens is 314 g/mol. The number of nitro groups is 1. The van der Waals surface area contributed by atoms with Gasteiger partial charge in [0.15, 0.2) is 5.76 Å². The topological polar surface area (TPSA) is 102 Å². The summed E-state index contributed by atoms with van der Waals surface area (Å²) in [4.78, 5) is 10.8. The number of aromatic amines is 1. The molecule has 21 heavy (non-hydrogen) atoms. The van der Waals surface area contributed by atoms with E-state index in [2.05, 4.69) is 15.3 Å². The molecule has 0 saturated carbocycles. The summed E-state index contributed by atoms with van der Waals surface area (Å²) in [7, 11) is 0. The lowest BCUT2D eigenvalue weighted by Gasteiger charge is -1.95. The van der Waals surface area contributed by atoms with Crippen molar-refractivity contribution in [1.29, 1.82) is 0 Å². The quantitative estimate of drug-likeness (QED) is 0.344. The first-order valence-electron chi connectivity index (χ1n) is 5.65. The van der Waals surface area contributed by atoms with E-state index < -0.39 is 4.92 Å². The molecule has 0 aromatic carbocycles. The van der Waals surface area contributed by atoms with Crippen molar-refractivity contribution >= 4 is 34.8 Å². The van der Waals surface area contributed by atoms with Gasteiger partial charge in [-0.1, -0.05) is 11.3 Å². The fraction of sp³-hybridized carbons (Fsp3) is 0. The average molecular weight is 321 g/mol. The van der Waals surface area contributed by atoms with E-state index in [1.807, 2.05) is 0 Å². The fourth-order valence-electron chi connectivity index (χ4n) is 1.59. The Balaban J connectivity index is 1.94. The van der Waals surface area contributed by atoms with E-state index in [4.69, 9.17) is 16.6 Å². The van der Waals surface area contributed by atoms with Crippen molar-refractivity contribution in [1.82, 2.24) is 14.9 Å². The number of hydrogen-bond acceptors (Lipinski definition) is 7. The van der Waals surface area contributed by atoms with Crippen molar-refractivity contribution in [2.45, 2.75) is 0 Å². The van der Waals surface area contributed by atoms with E-state index in [0.29, 0.717) is 21.2 Å². The van der Waals surface area contributed by atoms with Crippen LogP contribution in [-0.4, -0.2) is 26.0 Å². The van der Waals surface area contributed by atoms with Gasteiger partial charge in [0.05, 0.1) is 22.3 Å². The number of nitrogens with one attached hydrogen (secondary N) is 1. The maximum Gasteiger partial charge on any atom is 0.324 e.